The van der Waals surface area contributed by atoms with E-state index in [9.17, 15) is 5.11 Å². The predicted octanol–water partition coefficient (Wildman–Crippen LogP) is 0.657. The summed E-state index contributed by atoms with van der Waals surface area (Å²) >= 11 is 0. The number of hydrogen-bond donors (Lipinski definition) is 2. The Bertz CT molecular complexity index is 122. The Labute approximate surface area is 73.9 Å². The van der Waals surface area contributed by atoms with Crippen LogP contribution in [0.15, 0.2) is 0 Å². The summed E-state index contributed by atoms with van der Waals surface area (Å²) in [7, 11) is 0. The van der Waals surface area contributed by atoms with Gasteiger partial charge in [0.2, 0.25) is 0 Å². The lowest BCUT2D eigenvalue weighted by Crippen LogP contribution is -2.31. The second-order valence-electron chi connectivity index (χ2n) is 3.63. The van der Waals surface area contributed by atoms with Crippen LogP contribution < -0.4 is 5.73 Å². The quantitative estimate of drug-likeness (QED) is 0.600. The lowest BCUT2D eigenvalue weighted by atomic mass is 10.0. The highest BCUT2D eigenvalue weighted by Gasteiger charge is 2.30. The summed E-state index contributed by atoms with van der Waals surface area (Å²) in [6.45, 7) is 1.84. The largest absolute Gasteiger partial charge is 0.387 e. The van der Waals surface area contributed by atoms with Crippen molar-refractivity contribution in [2.45, 2.75) is 37.7 Å². The highest BCUT2D eigenvalue weighted by molar-refractivity contribution is 4.83. The van der Waals surface area contributed by atoms with Crippen molar-refractivity contribution in [3.05, 3.63) is 0 Å². The molecule has 0 radical (unpaired) electrons. The van der Waals surface area contributed by atoms with Crippen LogP contribution in [0.1, 0.15) is 32.1 Å². The van der Waals surface area contributed by atoms with E-state index in [0.717, 1.165) is 32.1 Å². The molecule has 0 bridgehead atoms. The standard InChI is InChI=1S/C9H19NO2/c10-6-3-7-12-8-9(11)4-1-2-5-9/h11H,1-8,10H2. The fourth-order valence-electron chi connectivity index (χ4n) is 1.62. The van der Waals surface area contributed by atoms with Crippen molar-refractivity contribution in [1.82, 2.24) is 0 Å². The first-order chi connectivity index (χ1) is 5.77. The fourth-order valence-corrected chi connectivity index (χ4v) is 1.62. The Morgan fingerprint density at radius 3 is 2.58 bits per heavy atom. The van der Waals surface area contributed by atoms with E-state index in [-0.39, 0.29) is 0 Å². The maximum absolute atomic E-state index is 9.83. The van der Waals surface area contributed by atoms with Crippen molar-refractivity contribution in [2.24, 2.45) is 5.73 Å². The van der Waals surface area contributed by atoms with Crippen LogP contribution in [-0.2, 0) is 4.74 Å². The topological polar surface area (TPSA) is 55.5 Å². The Morgan fingerprint density at radius 2 is 2.00 bits per heavy atom. The highest BCUT2D eigenvalue weighted by atomic mass is 16.5. The third-order valence-corrected chi connectivity index (χ3v) is 2.40. The Kier molecular flexibility index (Phi) is 3.98. The van der Waals surface area contributed by atoms with Gasteiger partial charge in [-0.25, -0.2) is 0 Å². The second kappa shape index (κ2) is 4.80. The molecule has 1 fully saturated rings. The normalized spacial score (nSPS) is 21.5. The fraction of sp³-hybridized carbons (Fsp3) is 1.00. The number of rotatable bonds is 5. The average Bonchev–Trinajstić information content (AvgIpc) is 2.47. The van der Waals surface area contributed by atoms with Crippen LogP contribution in [0.4, 0.5) is 0 Å². The van der Waals surface area contributed by atoms with Crippen molar-refractivity contribution in [3.63, 3.8) is 0 Å². The minimum absolute atomic E-state index is 0.493. The van der Waals surface area contributed by atoms with E-state index in [0.29, 0.717) is 19.8 Å². The summed E-state index contributed by atoms with van der Waals surface area (Å²) in [5.74, 6) is 0. The molecule has 0 saturated heterocycles. The minimum atomic E-state index is -0.519. The van der Waals surface area contributed by atoms with Gasteiger partial charge in [-0.05, 0) is 25.8 Å². The molecule has 1 rings (SSSR count). The number of aliphatic hydroxyl groups is 1. The molecule has 72 valence electrons. The minimum Gasteiger partial charge on any atom is -0.387 e. The van der Waals surface area contributed by atoms with Crippen molar-refractivity contribution < 1.29 is 9.84 Å². The zero-order valence-electron chi connectivity index (χ0n) is 7.59. The maximum Gasteiger partial charge on any atom is 0.0880 e. The monoisotopic (exact) mass is 173 g/mol. The highest BCUT2D eigenvalue weighted by Crippen LogP contribution is 2.29. The summed E-state index contributed by atoms with van der Waals surface area (Å²) in [6.07, 6.45) is 4.95. The molecular formula is C9H19NO2. The average molecular weight is 173 g/mol. The van der Waals surface area contributed by atoms with Gasteiger partial charge in [0.15, 0.2) is 0 Å². The summed E-state index contributed by atoms with van der Waals surface area (Å²) in [6, 6.07) is 0. The Balaban J connectivity index is 2.05. The van der Waals surface area contributed by atoms with Gasteiger partial charge in [-0.3, -0.25) is 0 Å². The summed E-state index contributed by atoms with van der Waals surface area (Å²) in [4.78, 5) is 0. The molecule has 0 amide bonds. The molecule has 3 nitrogen and oxygen atoms in total. The van der Waals surface area contributed by atoms with E-state index >= 15 is 0 Å². The molecule has 0 aromatic carbocycles. The molecule has 0 aliphatic heterocycles. The van der Waals surface area contributed by atoms with E-state index in [4.69, 9.17) is 10.5 Å². The van der Waals surface area contributed by atoms with E-state index < -0.39 is 5.60 Å². The first kappa shape index (κ1) is 9.96. The van der Waals surface area contributed by atoms with Crippen molar-refractivity contribution >= 4 is 0 Å². The van der Waals surface area contributed by atoms with E-state index in [1.54, 1.807) is 0 Å². The molecule has 12 heavy (non-hydrogen) atoms. The molecule has 1 aliphatic carbocycles. The number of ether oxygens (including phenoxy) is 1. The second-order valence-corrected chi connectivity index (χ2v) is 3.63. The summed E-state index contributed by atoms with van der Waals surface area (Å²) in [5.41, 5.74) is 4.79. The Hall–Kier alpha value is -0.120. The molecule has 0 aromatic heterocycles. The van der Waals surface area contributed by atoms with E-state index in [2.05, 4.69) is 0 Å². The van der Waals surface area contributed by atoms with Gasteiger partial charge in [0.05, 0.1) is 12.2 Å². The first-order valence-corrected chi connectivity index (χ1v) is 4.77. The van der Waals surface area contributed by atoms with Crippen LogP contribution in [0.25, 0.3) is 0 Å². The first-order valence-electron chi connectivity index (χ1n) is 4.77. The van der Waals surface area contributed by atoms with Crippen molar-refractivity contribution in [1.29, 1.82) is 0 Å². The van der Waals surface area contributed by atoms with Crippen molar-refractivity contribution in [2.75, 3.05) is 19.8 Å². The van der Waals surface area contributed by atoms with Gasteiger partial charge in [-0.15, -0.1) is 0 Å². The molecular weight excluding hydrogens is 154 g/mol. The zero-order chi connectivity index (χ0) is 8.86. The molecule has 3 heteroatoms. The maximum atomic E-state index is 9.83. The van der Waals surface area contributed by atoms with E-state index in [1.165, 1.54) is 0 Å². The molecule has 0 heterocycles. The van der Waals surface area contributed by atoms with Crippen LogP contribution in [0.2, 0.25) is 0 Å². The lowest BCUT2D eigenvalue weighted by molar-refractivity contribution is -0.0414. The van der Waals surface area contributed by atoms with Gasteiger partial charge in [0.1, 0.15) is 0 Å². The molecule has 0 atom stereocenters. The third-order valence-electron chi connectivity index (χ3n) is 2.40. The van der Waals surface area contributed by atoms with Crippen LogP contribution in [0.5, 0.6) is 0 Å². The van der Waals surface area contributed by atoms with Crippen LogP contribution in [0, 0.1) is 0 Å². The molecule has 1 aliphatic rings. The summed E-state index contributed by atoms with van der Waals surface area (Å²) < 4.78 is 5.33. The molecule has 0 aromatic rings. The van der Waals surface area contributed by atoms with Crippen LogP contribution in [0.3, 0.4) is 0 Å². The Morgan fingerprint density at radius 1 is 1.33 bits per heavy atom. The molecule has 3 N–H and O–H groups in total. The van der Waals surface area contributed by atoms with Gasteiger partial charge in [0, 0.05) is 6.61 Å². The summed E-state index contributed by atoms with van der Waals surface area (Å²) in [5, 5.41) is 9.83. The zero-order valence-corrected chi connectivity index (χ0v) is 7.59. The van der Waals surface area contributed by atoms with Crippen LogP contribution >= 0.6 is 0 Å². The third kappa shape index (κ3) is 3.09. The number of nitrogens with two attached hydrogens (primary N) is 1. The number of hydrogen-bond acceptors (Lipinski definition) is 3. The molecule has 1 saturated carbocycles. The van der Waals surface area contributed by atoms with Gasteiger partial charge in [-0.2, -0.15) is 0 Å². The SMILES string of the molecule is NCCCOCC1(O)CCCC1. The smallest absolute Gasteiger partial charge is 0.0880 e. The van der Waals surface area contributed by atoms with Gasteiger partial charge >= 0.3 is 0 Å². The predicted molar refractivity (Wildman–Crippen MR) is 47.9 cm³/mol. The van der Waals surface area contributed by atoms with E-state index in [1.807, 2.05) is 0 Å². The van der Waals surface area contributed by atoms with Crippen molar-refractivity contribution in [3.8, 4) is 0 Å². The van der Waals surface area contributed by atoms with Gasteiger partial charge in [-0.1, -0.05) is 12.8 Å². The van der Waals surface area contributed by atoms with Gasteiger partial charge < -0.3 is 15.6 Å². The molecule has 0 spiro atoms. The molecule has 0 unspecified atom stereocenters. The van der Waals surface area contributed by atoms with Crippen LogP contribution in [-0.4, -0.2) is 30.5 Å². The lowest BCUT2D eigenvalue weighted by Gasteiger charge is -2.21. The van der Waals surface area contributed by atoms with Gasteiger partial charge in [0.25, 0.3) is 0 Å².